The summed E-state index contributed by atoms with van der Waals surface area (Å²) in [6.45, 7) is 6.91. The third-order valence-corrected chi connectivity index (χ3v) is 6.32. The van der Waals surface area contributed by atoms with Crippen molar-refractivity contribution in [3.63, 3.8) is 0 Å². The van der Waals surface area contributed by atoms with Gasteiger partial charge in [0.05, 0.1) is 25.9 Å². The molecule has 2 saturated heterocycles. The number of ether oxygens (including phenoxy) is 2. The van der Waals surface area contributed by atoms with Crippen molar-refractivity contribution in [1.82, 2.24) is 19.9 Å². The van der Waals surface area contributed by atoms with Crippen LogP contribution < -0.4 is 15.4 Å². The summed E-state index contributed by atoms with van der Waals surface area (Å²) < 4.78 is 11.1. The summed E-state index contributed by atoms with van der Waals surface area (Å²) in [7, 11) is 1.50. The second-order valence-corrected chi connectivity index (χ2v) is 8.58. The summed E-state index contributed by atoms with van der Waals surface area (Å²) in [4.78, 5) is 19.2. The van der Waals surface area contributed by atoms with Crippen molar-refractivity contribution in [3.8, 4) is 17.3 Å². The Bertz CT molecular complexity index is 955. The van der Waals surface area contributed by atoms with Gasteiger partial charge in [-0.2, -0.15) is 16.7 Å². The van der Waals surface area contributed by atoms with E-state index in [1.807, 2.05) is 31.3 Å². The highest BCUT2D eigenvalue weighted by atomic mass is 32.2. The molecule has 32 heavy (non-hydrogen) atoms. The van der Waals surface area contributed by atoms with Crippen molar-refractivity contribution >= 4 is 28.6 Å². The highest BCUT2D eigenvalue weighted by Gasteiger charge is 2.21. The Morgan fingerprint density at radius 1 is 1.25 bits per heavy atom. The van der Waals surface area contributed by atoms with Crippen LogP contribution in [0.1, 0.15) is 26.7 Å². The fourth-order valence-corrected chi connectivity index (χ4v) is 4.66. The van der Waals surface area contributed by atoms with Gasteiger partial charge in [0.25, 0.3) is 0 Å². The highest BCUT2D eigenvalue weighted by molar-refractivity contribution is 7.99. The molecule has 3 aromatic rings. The Kier molecular flexibility index (Phi) is 9.58. The number of H-pyrrole nitrogens is 1. The molecule has 2 fully saturated rings. The number of nitrogens with one attached hydrogen (secondary N) is 1. The maximum atomic E-state index is 5.60. The molecule has 0 amide bonds. The van der Waals surface area contributed by atoms with Gasteiger partial charge in [0.15, 0.2) is 5.82 Å². The summed E-state index contributed by atoms with van der Waals surface area (Å²) in [5, 5.41) is 0.982. The van der Waals surface area contributed by atoms with Crippen LogP contribution in [-0.4, -0.2) is 70.9 Å². The molecule has 174 valence electrons. The Balaban J connectivity index is 0.000000359. The van der Waals surface area contributed by atoms with Gasteiger partial charge in [-0.15, -0.1) is 0 Å². The van der Waals surface area contributed by atoms with Gasteiger partial charge < -0.3 is 25.1 Å². The maximum absolute atomic E-state index is 5.60. The molecule has 0 aliphatic carbocycles. The lowest BCUT2D eigenvalue weighted by molar-refractivity contribution is 0.0985. The van der Waals surface area contributed by atoms with Gasteiger partial charge >= 0.3 is 0 Å². The normalized spacial score (nSPS) is 17.9. The number of nitrogens with two attached hydrogens (primary N) is 1. The summed E-state index contributed by atoms with van der Waals surface area (Å²) in [6, 6.07) is 6.13. The van der Waals surface area contributed by atoms with Crippen LogP contribution in [0.25, 0.3) is 22.4 Å². The Hall–Kier alpha value is -2.36. The standard InChI is InChI=1S/C18H21N5O2.C4H8S.CH5N/c1-3-25-16-10-14(13-4-6-19-17(13)22-16)18-20-7-5-15(21-18)23-8-9-24-11-12(23)2;1-2-4-5-3-1;1-2/h4-7,10,12H,3,8-9,11H2,1-2H3,(H,19,22);1-4H2;2H2,1H3. The van der Waals surface area contributed by atoms with Crippen LogP contribution in [0.2, 0.25) is 0 Å². The van der Waals surface area contributed by atoms with Crippen LogP contribution in [-0.2, 0) is 4.74 Å². The number of aromatic amines is 1. The van der Waals surface area contributed by atoms with Crippen LogP contribution in [0.3, 0.4) is 0 Å². The number of thioether (sulfide) groups is 1. The molecular formula is C23H34N6O2S. The van der Waals surface area contributed by atoms with E-state index in [0.717, 1.165) is 35.6 Å². The second kappa shape index (κ2) is 12.6. The van der Waals surface area contributed by atoms with Crippen molar-refractivity contribution in [1.29, 1.82) is 0 Å². The van der Waals surface area contributed by atoms with E-state index in [-0.39, 0.29) is 0 Å². The zero-order valence-corrected chi connectivity index (χ0v) is 20.0. The minimum absolute atomic E-state index is 0.292. The molecule has 0 spiro atoms. The van der Waals surface area contributed by atoms with Gasteiger partial charge in [-0.25, -0.2) is 9.97 Å². The van der Waals surface area contributed by atoms with Gasteiger partial charge in [0.2, 0.25) is 5.88 Å². The molecule has 2 aliphatic heterocycles. The van der Waals surface area contributed by atoms with Crippen molar-refractivity contribution in [3.05, 3.63) is 30.6 Å². The molecule has 1 atom stereocenters. The summed E-state index contributed by atoms with van der Waals surface area (Å²) in [6.07, 6.45) is 6.60. The fourth-order valence-electron chi connectivity index (χ4n) is 3.64. The van der Waals surface area contributed by atoms with Crippen LogP contribution in [0.15, 0.2) is 30.6 Å². The zero-order chi connectivity index (χ0) is 22.8. The largest absolute Gasteiger partial charge is 0.478 e. The molecule has 0 radical (unpaired) electrons. The molecule has 5 heterocycles. The molecule has 9 heteroatoms. The number of aromatic nitrogens is 4. The number of fused-ring (bicyclic) bond motifs is 1. The molecular weight excluding hydrogens is 424 g/mol. The van der Waals surface area contributed by atoms with Crippen LogP contribution in [0, 0.1) is 0 Å². The van der Waals surface area contributed by atoms with Gasteiger partial charge in [-0.3, -0.25) is 0 Å². The van der Waals surface area contributed by atoms with Gasteiger partial charge in [0.1, 0.15) is 11.5 Å². The van der Waals surface area contributed by atoms with Crippen LogP contribution >= 0.6 is 11.8 Å². The lowest BCUT2D eigenvalue weighted by Gasteiger charge is -2.34. The number of pyridine rings is 1. The third kappa shape index (κ3) is 6.11. The second-order valence-electron chi connectivity index (χ2n) is 7.36. The Morgan fingerprint density at radius 3 is 2.75 bits per heavy atom. The molecule has 8 nitrogen and oxygen atoms in total. The van der Waals surface area contributed by atoms with Gasteiger partial charge in [0, 0.05) is 36.0 Å². The fraction of sp³-hybridized carbons (Fsp3) is 0.522. The van der Waals surface area contributed by atoms with Gasteiger partial charge in [-0.05, 0) is 57.4 Å². The average molecular weight is 459 g/mol. The molecule has 3 aromatic heterocycles. The SMILES string of the molecule is C1CCSC1.CCOc1cc(-c2nccc(N3CCOCC3C)n2)c2cc[nH]c2n1.CN. The first kappa shape index (κ1) is 24.3. The first-order chi connectivity index (χ1) is 15.8. The van der Waals surface area contributed by atoms with E-state index in [1.54, 1.807) is 6.20 Å². The van der Waals surface area contributed by atoms with E-state index in [9.17, 15) is 0 Å². The van der Waals surface area contributed by atoms with Crippen LogP contribution in [0.4, 0.5) is 5.82 Å². The quantitative estimate of drug-likeness (QED) is 0.610. The summed E-state index contributed by atoms with van der Waals surface area (Å²) in [5.41, 5.74) is 6.19. The van der Waals surface area contributed by atoms with E-state index in [0.29, 0.717) is 31.0 Å². The maximum Gasteiger partial charge on any atom is 0.215 e. The predicted molar refractivity (Wildman–Crippen MR) is 133 cm³/mol. The molecule has 5 rings (SSSR count). The number of rotatable bonds is 4. The monoisotopic (exact) mass is 458 g/mol. The summed E-state index contributed by atoms with van der Waals surface area (Å²) in [5.74, 6) is 4.99. The topological polar surface area (TPSA) is 102 Å². The van der Waals surface area contributed by atoms with E-state index in [2.05, 4.69) is 44.3 Å². The Labute approximate surface area is 194 Å². The number of nitrogens with zero attached hydrogens (tertiary/aromatic N) is 4. The number of hydrogen-bond donors (Lipinski definition) is 2. The van der Waals surface area contributed by atoms with E-state index < -0.39 is 0 Å². The third-order valence-electron chi connectivity index (χ3n) is 5.17. The molecule has 3 N–H and O–H groups in total. The first-order valence-corrected chi connectivity index (χ1v) is 12.4. The number of hydrogen-bond acceptors (Lipinski definition) is 8. The minimum Gasteiger partial charge on any atom is -0.478 e. The lowest BCUT2D eigenvalue weighted by atomic mass is 10.1. The predicted octanol–water partition coefficient (Wildman–Crippen LogP) is 3.73. The molecule has 2 aliphatic rings. The van der Waals surface area contributed by atoms with Crippen LogP contribution in [0.5, 0.6) is 5.88 Å². The van der Waals surface area contributed by atoms with E-state index in [1.165, 1.54) is 31.4 Å². The van der Waals surface area contributed by atoms with Crippen molar-refractivity contribution in [2.45, 2.75) is 32.7 Å². The molecule has 0 saturated carbocycles. The molecule has 1 unspecified atom stereocenters. The zero-order valence-electron chi connectivity index (χ0n) is 19.2. The number of anilines is 1. The number of morpholine rings is 1. The van der Waals surface area contributed by atoms with E-state index >= 15 is 0 Å². The molecule has 0 aromatic carbocycles. The lowest BCUT2D eigenvalue weighted by Crippen LogP contribution is -2.44. The Morgan fingerprint density at radius 2 is 2.06 bits per heavy atom. The average Bonchev–Trinajstić information content (AvgIpc) is 3.56. The highest BCUT2D eigenvalue weighted by Crippen LogP contribution is 2.29. The first-order valence-electron chi connectivity index (χ1n) is 11.2. The van der Waals surface area contributed by atoms with Crippen molar-refractivity contribution in [2.24, 2.45) is 5.73 Å². The van der Waals surface area contributed by atoms with Crippen molar-refractivity contribution in [2.75, 3.05) is 49.8 Å². The van der Waals surface area contributed by atoms with E-state index in [4.69, 9.17) is 14.5 Å². The van der Waals surface area contributed by atoms with Crippen molar-refractivity contribution < 1.29 is 9.47 Å². The molecule has 0 bridgehead atoms. The smallest absolute Gasteiger partial charge is 0.215 e. The summed E-state index contributed by atoms with van der Waals surface area (Å²) >= 11 is 2.07. The van der Waals surface area contributed by atoms with Gasteiger partial charge in [-0.1, -0.05) is 0 Å². The minimum atomic E-state index is 0.292.